The largest absolute Gasteiger partial charge is 0.339 e. The highest BCUT2D eigenvalue weighted by atomic mass is 32.2. The van der Waals surface area contributed by atoms with E-state index in [9.17, 15) is 18.0 Å². The van der Waals surface area contributed by atoms with E-state index in [0.29, 0.717) is 18.7 Å². The zero-order chi connectivity index (χ0) is 22.6. The van der Waals surface area contributed by atoms with Crippen molar-refractivity contribution in [3.8, 4) is 0 Å². The maximum Gasteiger partial charge on any atom is 0.291 e. The first-order chi connectivity index (χ1) is 14.6. The van der Waals surface area contributed by atoms with Crippen LogP contribution in [0.2, 0.25) is 0 Å². The molecule has 2 amide bonds. The van der Waals surface area contributed by atoms with E-state index in [2.05, 4.69) is 20.2 Å². The molecule has 0 bridgehead atoms. The van der Waals surface area contributed by atoms with Crippen LogP contribution in [0.3, 0.4) is 0 Å². The van der Waals surface area contributed by atoms with E-state index in [4.69, 9.17) is 0 Å². The number of nitrogens with zero attached hydrogens (tertiary/aromatic N) is 3. The van der Waals surface area contributed by atoms with Gasteiger partial charge in [-0.3, -0.25) is 14.3 Å². The molecule has 2 heterocycles. The number of sulfonamides is 1. The lowest BCUT2D eigenvalue weighted by atomic mass is 9.96. The minimum atomic E-state index is -4.08. The van der Waals surface area contributed by atoms with Crippen LogP contribution in [-0.4, -0.2) is 48.4 Å². The summed E-state index contributed by atoms with van der Waals surface area (Å²) in [6, 6.07) is 6.52. The number of hydrogen-bond acceptors (Lipinski definition) is 7. The predicted octanol–water partition coefficient (Wildman–Crippen LogP) is 3.34. The van der Waals surface area contributed by atoms with Crippen molar-refractivity contribution in [2.75, 3.05) is 23.1 Å². The van der Waals surface area contributed by atoms with Crippen LogP contribution in [0.25, 0.3) is 0 Å². The number of rotatable bonds is 5. The third-order valence-corrected chi connectivity index (χ3v) is 7.40. The Balaban J connectivity index is 1.79. The van der Waals surface area contributed by atoms with Gasteiger partial charge in [-0.05, 0) is 25.0 Å². The first-order valence-electron chi connectivity index (χ1n) is 10.1. The molecule has 168 valence electrons. The van der Waals surface area contributed by atoms with Gasteiger partial charge in [0.15, 0.2) is 0 Å². The summed E-state index contributed by atoms with van der Waals surface area (Å²) in [5.41, 5.74) is -0.179. The van der Waals surface area contributed by atoms with Gasteiger partial charge in [0.1, 0.15) is 0 Å². The van der Waals surface area contributed by atoms with E-state index in [1.54, 1.807) is 49.9 Å². The molecule has 1 aliphatic rings. The number of hydrogen-bond donors (Lipinski definition) is 2. The van der Waals surface area contributed by atoms with Crippen molar-refractivity contribution < 1.29 is 18.0 Å². The lowest BCUT2D eigenvalue weighted by Crippen LogP contribution is -2.32. The zero-order valence-corrected chi connectivity index (χ0v) is 19.5. The number of carbonyl (C=O) groups excluding carboxylic acids is 2. The van der Waals surface area contributed by atoms with Gasteiger partial charge in [-0.25, -0.2) is 0 Å². The normalized spacial score (nSPS) is 15.3. The van der Waals surface area contributed by atoms with Gasteiger partial charge < -0.3 is 10.2 Å². The van der Waals surface area contributed by atoms with E-state index in [1.165, 1.54) is 0 Å². The summed E-state index contributed by atoms with van der Waals surface area (Å²) in [5.74, 6) is -0.496. The zero-order valence-electron chi connectivity index (χ0n) is 17.8. The van der Waals surface area contributed by atoms with Gasteiger partial charge in [-0.1, -0.05) is 57.1 Å². The highest BCUT2D eigenvalue weighted by Gasteiger charge is 2.27. The van der Waals surface area contributed by atoms with Gasteiger partial charge in [-0.2, -0.15) is 8.42 Å². The minimum Gasteiger partial charge on any atom is -0.339 e. The summed E-state index contributed by atoms with van der Waals surface area (Å²) in [7, 11) is -4.08. The fraction of sp³-hybridized carbons (Fsp3) is 0.500. The molecule has 0 unspecified atom stereocenters. The van der Waals surface area contributed by atoms with Crippen LogP contribution in [0.5, 0.6) is 0 Å². The molecule has 1 aromatic carbocycles. The second kappa shape index (κ2) is 9.31. The Hall–Kier alpha value is -2.53. The van der Waals surface area contributed by atoms with Crippen molar-refractivity contribution >= 4 is 44.0 Å². The second-order valence-electron chi connectivity index (χ2n) is 8.43. The average Bonchev–Trinajstić information content (AvgIpc) is 3.01. The van der Waals surface area contributed by atoms with Gasteiger partial charge in [0.05, 0.1) is 11.3 Å². The van der Waals surface area contributed by atoms with E-state index in [-0.39, 0.29) is 27.0 Å². The number of amides is 2. The third-order valence-electron chi connectivity index (χ3n) is 4.83. The number of nitrogens with one attached hydrogen (secondary N) is 2. The summed E-state index contributed by atoms with van der Waals surface area (Å²) in [6.45, 7) is 6.53. The van der Waals surface area contributed by atoms with Crippen molar-refractivity contribution in [2.24, 2.45) is 5.41 Å². The van der Waals surface area contributed by atoms with Crippen molar-refractivity contribution in [1.29, 1.82) is 0 Å². The van der Waals surface area contributed by atoms with Crippen LogP contribution < -0.4 is 10.0 Å². The first kappa shape index (κ1) is 23.1. The quantitative estimate of drug-likeness (QED) is 0.653. The number of benzene rings is 1. The molecule has 3 rings (SSSR count). The topological polar surface area (TPSA) is 121 Å². The molecule has 11 heteroatoms. The Morgan fingerprint density at radius 1 is 1.03 bits per heavy atom. The van der Waals surface area contributed by atoms with Gasteiger partial charge in [0.2, 0.25) is 11.0 Å². The highest BCUT2D eigenvalue weighted by Crippen LogP contribution is 2.27. The molecule has 0 saturated carbocycles. The maximum atomic E-state index is 13.0. The SMILES string of the molecule is CC(C)(C)C(=O)Nc1nnc(S(=O)(=O)Nc2ccccc2C(=O)N2CCCCCC2)s1. The number of likely N-dealkylation sites (tertiary alicyclic amines) is 1. The molecule has 9 nitrogen and oxygen atoms in total. The van der Waals surface area contributed by atoms with E-state index < -0.39 is 15.4 Å². The fourth-order valence-corrected chi connectivity index (χ4v) is 5.02. The Morgan fingerprint density at radius 2 is 1.68 bits per heavy atom. The maximum absolute atomic E-state index is 13.0. The molecule has 0 spiro atoms. The summed E-state index contributed by atoms with van der Waals surface area (Å²) in [4.78, 5) is 26.9. The number of para-hydroxylation sites is 1. The molecular formula is C20H27N5O4S2. The molecule has 1 fully saturated rings. The molecule has 1 aliphatic heterocycles. The Kier molecular flexibility index (Phi) is 6.95. The molecular weight excluding hydrogens is 438 g/mol. The Bertz CT molecular complexity index is 1050. The highest BCUT2D eigenvalue weighted by molar-refractivity contribution is 7.94. The summed E-state index contributed by atoms with van der Waals surface area (Å²) in [5, 5.41) is 10.1. The predicted molar refractivity (Wildman–Crippen MR) is 120 cm³/mol. The number of carbonyl (C=O) groups is 2. The van der Waals surface area contributed by atoms with Crippen LogP contribution >= 0.6 is 11.3 Å². The monoisotopic (exact) mass is 465 g/mol. The Labute approximate surface area is 186 Å². The van der Waals surface area contributed by atoms with Crippen LogP contribution in [0.1, 0.15) is 56.8 Å². The van der Waals surface area contributed by atoms with Crippen LogP contribution in [-0.2, 0) is 14.8 Å². The average molecular weight is 466 g/mol. The third kappa shape index (κ3) is 5.79. The smallest absolute Gasteiger partial charge is 0.291 e. The van der Waals surface area contributed by atoms with Gasteiger partial charge in [-0.15, -0.1) is 10.2 Å². The molecule has 0 radical (unpaired) electrons. The van der Waals surface area contributed by atoms with Gasteiger partial charge in [0, 0.05) is 18.5 Å². The van der Waals surface area contributed by atoms with Crippen LogP contribution in [0, 0.1) is 5.41 Å². The van der Waals surface area contributed by atoms with Crippen molar-refractivity contribution in [3.63, 3.8) is 0 Å². The van der Waals surface area contributed by atoms with Gasteiger partial charge >= 0.3 is 0 Å². The molecule has 2 N–H and O–H groups in total. The summed E-state index contributed by atoms with van der Waals surface area (Å²) >= 11 is 0.749. The van der Waals surface area contributed by atoms with Crippen molar-refractivity contribution in [2.45, 2.75) is 50.8 Å². The van der Waals surface area contributed by atoms with Crippen LogP contribution in [0.15, 0.2) is 28.6 Å². The molecule has 2 aromatic rings. The van der Waals surface area contributed by atoms with E-state index in [0.717, 1.165) is 37.0 Å². The summed E-state index contributed by atoms with van der Waals surface area (Å²) in [6.07, 6.45) is 4.05. The second-order valence-corrected chi connectivity index (χ2v) is 11.3. The molecule has 1 aromatic heterocycles. The molecule has 31 heavy (non-hydrogen) atoms. The molecule has 0 aliphatic carbocycles. The fourth-order valence-electron chi connectivity index (χ4n) is 3.04. The lowest BCUT2D eigenvalue weighted by Gasteiger charge is -2.22. The van der Waals surface area contributed by atoms with Crippen LogP contribution in [0.4, 0.5) is 10.8 Å². The van der Waals surface area contributed by atoms with Gasteiger partial charge in [0.25, 0.3) is 20.3 Å². The molecule has 0 atom stereocenters. The number of anilines is 2. The molecule has 1 saturated heterocycles. The standard InChI is InChI=1S/C20H27N5O4S2/c1-20(2,3)17(27)21-18-22-23-19(30-18)31(28,29)24-15-11-7-6-10-14(15)16(26)25-12-8-4-5-9-13-25/h6-7,10-11,24H,4-5,8-9,12-13H2,1-3H3,(H,21,22,27). The van der Waals surface area contributed by atoms with Crippen molar-refractivity contribution in [1.82, 2.24) is 15.1 Å². The Morgan fingerprint density at radius 3 is 2.32 bits per heavy atom. The minimum absolute atomic E-state index is 0.0919. The number of aromatic nitrogens is 2. The van der Waals surface area contributed by atoms with Crippen molar-refractivity contribution in [3.05, 3.63) is 29.8 Å². The van der Waals surface area contributed by atoms with E-state index >= 15 is 0 Å². The first-order valence-corrected chi connectivity index (χ1v) is 12.4. The van der Waals surface area contributed by atoms with E-state index in [1.807, 2.05) is 0 Å². The summed E-state index contributed by atoms with van der Waals surface area (Å²) < 4.78 is 27.9. The lowest BCUT2D eigenvalue weighted by molar-refractivity contribution is -0.123.